The molecular formula is C36H41Cl2N5O3. The van der Waals surface area contributed by atoms with Gasteiger partial charge in [0.1, 0.15) is 6.29 Å². The number of fused-ring (bicyclic) bond motifs is 2. The maximum Gasteiger partial charge on any atom is 0.253 e. The molecule has 2 amide bonds. The Hall–Kier alpha value is -3.27. The van der Waals surface area contributed by atoms with E-state index in [0.717, 1.165) is 53.7 Å². The van der Waals surface area contributed by atoms with Gasteiger partial charge in [-0.15, -0.1) is 0 Å². The number of carbonyl (C=O) groups excluding carboxylic acids is 3. The van der Waals surface area contributed by atoms with Gasteiger partial charge in [-0.05, 0) is 74.2 Å². The number of benzene rings is 3. The number of hydrogen-bond acceptors (Lipinski definition) is 6. The average Bonchev–Trinajstić information content (AvgIpc) is 3.62. The van der Waals surface area contributed by atoms with Crippen LogP contribution in [-0.4, -0.2) is 83.1 Å². The number of anilines is 1. The molecule has 0 aliphatic carbocycles. The molecule has 3 aromatic rings. The molecule has 46 heavy (non-hydrogen) atoms. The minimum atomic E-state index is -0.364. The molecule has 0 unspecified atom stereocenters. The summed E-state index contributed by atoms with van der Waals surface area (Å²) in [6.07, 6.45) is 2.77. The van der Waals surface area contributed by atoms with Crippen molar-refractivity contribution in [3.63, 3.8) is 0 Å². The van der Waals surface area contributed by atoms with Gasteiger partial charge in [-0.3, -0.25) is 19.4 Å². The molecule has 3 saturated heterocycles. The number of amides is 2. The number of carbonyl (C=O) groups is 3. The zero-order valence-electron chi connectivity index (χ0n) is 26.5. The first-order chi connectivity index (χ1) is 22.1. The highest BCUT2D eigenvalue weighted by Gasteiger charge is 2.47. The van der Waals surface area contributed by atoms with E-state index in [1.807, 2.05) is 61.2 Å². The average molecular weight is 663 g/mol. The molecule has 3 aromatic carbocycles. The van der Waals surface area contributed by atoms with Gasteiger partial charge in [0.05, 0.1) is 22.1 Å². The fourth-order valence-electron chi connectivity index (χ4n) is 7.69. The lowest BCUT2D eigenvalue weighted by Crippen LogP contribution is -2.57. The van der Waals surface area contributed by atoms with Gasteiger partial charge >= 0.3 is 0 Å². The Bertz CT molecular complexity index is 1610. The van der Waals surface area contributed by atoms with Crippen LogP contribution in [0.25, 0.3) is 0 Å². The van der Waals surface area contributed by atoms with Crippen molar-refractivity contribution in [1.29, 1.82) is 0 Å². The number of likely N-dealkylation sites (tertiary alicyclic amines) is 1. The lowest BCUT2D eigenvalue weighted by Gasteiger charge is -2.46. The van der Waals surface area contributed by atoms with Gasteiger partial charge in [-0.25, -0.2) is 0 Å². The van der Waals surface area contributed by atoms with Crippen LogP contribution in [0.2, 0.25) is 10.0 Å². The molecule has 8 nitrogen and oxygen atoms in total. The SMILES string of the molecule is CC(=O)Nc1cccc(CN2[C@@H]3CN[C@@H](C3)[C@@H]2C[C@@H](C=O)N2CCN(C(=O)c3cc(C)cc(C)c3)C[C@@H]2c2ccc(Cl)c(Cl)c2)c1. The molecule has 0 radical (unpaired) electrons. The third-order valence-corrected chi connectivity index (χ3v) is 10.4. The third-order valence-electron chi connectivity index (χ3n) is 9.69. The second-order valence-electron chi connectivity index (χ2n) is 13.0. The van der Waals surface area contributed by atoms with Crippen molar-refractivity contribution in [2.75, 3.05) is 31.5 Å². The number of nitrogens with one attached hydrogen (secondary N) is 2. The Kier molecular flexibility index (Phi) is 9.83. The van der Waals surface area contributed by atoms with E-state index in [-0.39, 0.29) is 29.9 Å². The fraction of sp³-hybridized carbons (Fsp3) is 0.417. The molecule has 2 N–H and O–H groups in total. The van der Waals surface area contributed by atoms with Crippen LogP contribution in [0.5, 0.6) is 0 Å². The molecule has 0 aromatic heterocycles. The summed E-state index contributed by atoms with van der Waals surface area (Å²) in [6, 6.07) is 19.8. The van der Waals surface area contributed by atoms with Gasteiger partial charge in [0.25, 0.3) is 5.91 Å². The zero-order valence-corrected chi connectivity index (χ0v) is 28.0. The number of hydrogen-bond donors (Lipinski definition) is 2. The first-order valence-electron chi connectivity index (χ1n) is 16.0. The summed E-state index contributed by atoms with van der Waals surface area (Å²) in [4.78, 5) is 45.1. The fourth-order valence-corrected chi connectivity index (χ4v) is 8.00. The topological polar surface area (TPSA) is 85.0 Å². The molecule has 3 fully saturated rings. The van der Waals surface area contributed by atoms with Crippen molar-refractivity contribution >= 4 is 47.0 Å². The zero-order chi connectivity index (χ0) is 32.5. The van der Waals surface area contributed by atoms with Crippen LogP contribution in [0.15, 0.2) is 60.7 Å². The highest BCUT2D eigenvalue weighted by molar-refractivity contribution is 6.42. The van der Waals surface area contributed by atoms with Crippen molar-refractivity contribution in [3.05, 3.63) is 98.5 Å². The van der Waals surface area contributed by atoms with Crippen molar-refractivity contribution in [2.45, 2.75) is 70.4 Å². The molecule has 5 atom stereocenters. The molecule has 3 aliphatic rings. The molecule has 6 rings (SSSR count). The molecular weight excluding hydrogens is 621 g/mol. The number of aldehydes is 1. The van der Waals surface area contributed by atoms with Crippen LogP contribution in [0.1, 0.15) is 58.4 Å². The standard InChI is InChI=1S/C36H41Cl2N5O3/c1-22-11-23(2)13-27(12-22)36(46)41-9-10-42(35(20-41)26-7-8-31(37)32(38)15-26)30(21-44)17-34-33-16-29(18-39-33)43(34)19-25-5-4-6-28(14-25)40-24(3)45/h4-8,11-15,21,29-30,33-35,39H,9-10,16-20H2,1-3H3,(H,40,45)/t29-,30-,33-,34-,35+/m0/s1. The van der Waals surface area contributed by atoms with E-state index in [9.17, 15) is 14.4 Å². The van der Waals surface area contributed by atoms with Crippen LogP contribution >= 0.6 is 23.2 Å². The molecule has 10 heteroatoms. The van der Waals surface area contributed by atoms with Gasteiger partial charge in [-0.1, -0.05) is 58.6 Å². The van der Waals surface area contributed by atoms with Crippen molar-refractivity contribution in [2.24, 2.45) is 0 Å². The van der Waals surface area contributed by atoms with E-state index in [1.54, 1.807) is 6.07 Å². The van der Waals surface area contributed by atoms with E-state index in [4.69, 9.17) is 23.2 Å². The lowest BCUT2D eigenvalue weighted by atomic mass is 9.95. The molecule has 3 heterocycles. The van der Waals surface area contributed by atoms with E-state index >= 15 is 0 Å². The van der Waals surface area contributed by atoms with E-state index < -0.39 is 0 Å². The summed E-state index contributed by atoms with van der Waals surface area (Å²) < 4.78 is 0. The van der Waals surface area contributed by atoms with Crippen LogP contribution in [-0.2, 0) is 16.1 Å². The molecule has 3 aliphatic heterocycles. The summed E-state index contributed by atoms with van der Waals surface area (Å²) in [7, 11) is 0. The number of piperazine rings is 2. The quantitative estimate of drug-likeness (QED) is 0.289. The van der Waals surface area contributed by atoms with Crippen molar-refractivity contribution in [3.8, 4) is 0 Å². The summed E-state index contributed by atoms with van der Waals surface area (Å²) in [6.45, 7) is 8.68. The van der Waals surface area contributed by atoms with Crippen LogP contribution in [0, 0.1) is 13.8 Å². The Morgan fingerprint density at radius 3 is 2.52 bits per heavy atom. The minimum Gasteiger partial charge on any atom is -0.335 e. The number of rotatable bonds is 9. The summed E-state index contributed by atoms with van der Waals surface area (Å²) in [5.74, 6) is -0.107. The van der Waals surface area contributed by atoms with E-state index in [0.29, 0.717) is 53.7 Å². The predicted molar refractivity (Wildman–Crippen MR) is 182 cm³/mol. The normalized spacial score (nSPS) is 23.8. The van der Waals surface area contributed by atoms with Gasteiger partial charge < -0.3 is 20.3 Å². The molecule has 0 saturated carbocycles. The first-order valence-corrected chi connectivity index (χ1v) is 16.7. The maximum absolute atomic E-state index is 13.8. The summed E-state index contributed by atoms with van der Waals surface area (Å²) >= 11 is 12.8. The second-order valence-corrected chi connectivity index (χ2v) is 13.8. The van der Waals surface area contributed by atoms with Crippen LogP contribution < -0.4 is 10.6 Å². The van der Waals surface area contributed by atoms with E-state index in [1.165, 1.54) is 6.92 Å². The second kappa shape index (κ2) is 13.8. The van der Waals surface area contributed by atoms with Gasteiger partial charge in [0.15, 0.2) is 0 Å². The minimum absolute atomic E-state index is 0.0101. The summed E-state index contributed by atoms with van der Waals surface area (Å²) in [5.41, 5.74) is 5.62. The molecule has 242 valence electrons. The molecule has 0 spiro atoms. The Morgan fingerprint density at radius 1 is 1.02 bits per heavy atom. The van der Waals surface area contributed by atoms with Crippen molar-refractivity contribution in [1.82, 2.24) is 20.0 Å². The number of aryl methyl sites for hydroxylation is 2. The van der Waals surface area contributed by atoms with Crippen LogP contribution in [0.3, 0.4) is 0 Å². The summed E-state index contributed by atoms with van der Waals surface area (Å²) in [5, 5.41) is 7.48. The largest absolute Gasteiger partial charge is 0.335 e. The maximum atomic E-state index is 13.8. The highest BCUT2D eigenvalue weighted by atomic mass is 35.5. The van der Waals surface area contributed by atoms with Crippen LogP contribution in [0.4, 0.5) is 5.69 Å². The molecule has 2 bridgehead atoms. The van der Waals surface area contributed by atoms with Gasteiger partial charge in [0, 0.05) is 69.0 Å². The number of halogens is 2. The lowest BCUT2D eigenvalue weighted by molar-refractivity contribution is -0.115. The number of nitrogens with zero attached hydrogens (tertiary/aromatic N) is 3. The predicted octanol–water partition coefficient (Wildman–Crippen LogP) is 5.64. The van der Waals surface area contributed by atoms with Gasteiger partial charge in [0.2, 0.25) is 5.91 Å². The van der Waals surface area contributed by atoms with E-state index in [2.05, 4.69) is 32.6 Å². The first kappa shape index (κ1) is 32.7. The smallest absolute Gasteiger partial charge is 0.253 e. The van der Waals surface area contributed by atoms with Gasteiger partial charge in [-0.2, -0.15) is 0 Å². The monoisotopic (exact) mass is 661 g/mol. The van der Waals surface area contributed by atoms with Crippen molar-refractivity contribution < 1.29 is 14.4 Å². The highest BCUT2D eigenvalue weighted by Crippen LogP contribution is 2.37. The Morgan fingerprint density at radius 2 is 1.80 bits per heavy atom. The third kappa shape index (κ3) is 7.02. The Labute approximate surface area is 281 Å². The Balaban J connectivity index is 1.25.